The first-order chi connectivity index (χ1) is 14.8. The van der Waals surface area contributed by atoms with Gasteiger partial charge in [0.1, 0.15) is 0 Å². The molecule has 160 valence electrons. The first-order valence-corrected chi connectivity index (χ1v) is 10.3. The predicted molar refractivity (Wildman–Crippen MR) is 113 cm³/mol. The van der Waals surface area contributed by atoms with Crippen molar-refractivity contribution in [3.05, 3.63) is 65.0 Å². The zero-order valence-electron chi connectivity index (χ0n) is 15.9. The number of H-pyrrole nitrogens is 2. The van der Waals surface area contributed by atoms with Crippen LogP contribution in [0.25, 0.3) is 5.69 Å². The van der Waals surface area contributed by atoms with Gasteiger partial charge in [-0.3, -0.25) is 14.6 Å². The van der Waals surface area contributed by atoms with Crippen molar-refractivity contribution >= 4 is 29.0 Å². The summed E-state index contributed by atoms with van der Waals surface area (Å²) in [6, 6.07) is 4.40. The summed E-state index contributed by atoms with van der Waals surface area (Å²) >= 11 is 12.7. The van der Waals surface area contributed by atoms with Crippen molar-refractivity contribution in [2.24, 2.45) is 5.92 Å². The Balaban J connectivity index is 1.50. The number of rotatable bonds is 4. The molecule has 3 aromatic rings. The quantitative estimate of drug-likeness (QED) is 0.537. The van der Waals surface area contributed by atoms with Crippen molar-refractivity contribution in [1.29, 1.82) is 0 Å². The van der Waals surface area contributed by atoms with Crippen molar-refractivity contribution in [1.82, 2.24) is 25.0 Å². The second-order valence-electron chi connectivity index (χ2n) is 7.94. The van der Waals surface area contributed by atoms with E-state index in [4.69, 9.17) is 33.7 Å². The number of hydrogen-bond donors (Lipinski definition) is 3. The highest BCUT2D eigenvalue weighted by molar-refractivity contribution is 6.37. The molecule has 2 bridgehead atoms. The van der Waals surface area contributed by atoms with Gasteiger partial charge in [-0.25, -0.2) is 9.89 Å². The number of nitrogen functional groups attached to an aromatic ring is 1. The number of ether oxygens (including phenoxy) is 1. The van der Waals surface area contributed by atoms with E-state index in [0.29, 0.717) is 11.5 Å². The van der Waals surface area contributed by atoms with Crippen molar-refractivity contribution in [3.63, 3.8) is 0 Å². The fourth-order valence-electron chi connectivity index (χ4n) is 4.58. The molecule has 0 radical (unpaired) electrons. The van der Waals surface area contributed by atoms with Crippen molar-refractivity contribution < 1.29 is 4.74 Å². The highest BCUT2D eigenvalue weighted by Gasteiger charge is 2.52. The van der Waals surface area contributed by atoms with Crippen LogP contribution in [0, 0.1) is 5.92 Å². The third-order valence-corrected chi connectivity index (χ3v) is 6.59. The third-order valence-electron chi connectivity index (χ3n) is 6.03. The Bertz CT molecular complexity index is 1360. The molecule has 0 unspecified atom stereocenters. The molecule has 4 N–H and O–H groups in total. The normalized spacial score (nSPS) is 21.7. The molecular weight excluding hydrogens is 447 g/mol. The zero-order chi connectivity index (χ0) is 21.9. The molecule has 3 fully saturated rings. The van der Waals surface area contributed by atoms with Crippen LogP contribution in [-0.4, -0.2) is 25.0 Å². The minimum Gasteiger partial charge on any atom is -0.434 e. The average Bonchev–Trinajstić information content (AvgIpc) is 3.30. The molecule has 3 aliphatic rings. The molecule has 3 saturated carbocycles. The summed E-state index contributed by atoms with van der Waals surface area (Å²) in [6.07, 6.45) is 4.10. The fourth-order valence-corrected chi connectivity index (χ4v) is 5.13. The molecule has 6 rings (SSSR count). The maximum atomic E-state index is 12.4. The minimum absolute atomic E-state index is 0.0678. The molecular formula is C19H16Cl2N6O4. The first kappa shape index (κ1) is 19.8. The Labute approximate surface area is 184 Å². The lowest BCUT2D eigenvalue weighted by molar-refractivity contribution is 0.239. The van der Waals surface area contributed by atoms with E-state index in [2.05, 4.69) is 15.3 Å². The lowest BCUT2D eigenvalue weighted by Gasteiger charge is -2.38. The number of nitrogens with two attached hydrogens (primary N) is 1. The van der Waals surface area contributed by atoms with E-state index in [0.717, 1.165) is 30.4 Å². The van der Waals surface area contributed by atoms with Crippen LogP contribution in [-0.2, 0) is 5.41 Å². The molecule has 0 spiro atoms. The van der Waals surface area contributed by atoms with E-state index in [9.17, 15) is 14.4 Å². The largest absolute Gasteiger partial charge is 0.434 e. The van der Waals surface area contributed by atoms with E-state index in [-0.39, 0.29) is 44.2 Å². The van der Waals surface area contributed by atoms with Crippen LogP contribution in [0.3, 0.4) is 0 Å². The standard InChI is InChI=1S/C19H16Cl2N6O4/c20-11-3-9(27-18(30)23-17(29)15(22)26-27)4-12(21)14(11)31-13-5-10(16(28)25-24-13)19-2-1-8(6-19)7-19/h3-5,8H,1-2,6-7H2,(H2,22,26)(H,25,28)(H,23,29,30). The van der Waals surface area contributed by atoms with E-state index in [1.807, 2.05) is 4.98 Å². The van der Waals surface area contributed by atoms with Gasteiger partial charge in [0, 0.05) is 17.0 Å². The number of benzene rings is 1. The maximum Gasteiger partial charge on any atom is 0.349 e. The second-order valence-corrected chi connectivity index (χ2v) is 8.75. The van der Waals surface area contributed by atoms with Crippen molar-refractivity contribution in [3.8, 4) is 17.3 Å². The van der Waals surface area contributed by atoms with E-state index in [1.54, 1.807) is 6.07 Å². The molecule has 1 aromatic carbocycles. The number of aromatic nitrogens is 5. The second kappa shape index (κ2) is 6.96. The van der Waals surface area contributed by atoms with Gasteiger partial charge in [-0.05, 0) is 43.7 Å². The van der Waals surface area contributed by atoms with Crippen molar-refractivity contribution in [2.75, 3.05) is 5.73 Å². The summed E-state index contributed by atoms with van der Waals surface area (Å²) in [5.74, 6) is 0.548. The minimum atomic E-state index is -0.804. The number of nitrogens with one attached hydrogen (secondary N) is 2. The van der Waals surface area contributed by atoms with Gasteiger partial charge in [0.2, 0.25) is 11.7 Å². The molecule has 0 saturated heterocycles. The summed E-state index contributed by atoms with van der Waals surface area (Å²) in [4.78, 5) is 37.9. The van der Waals surface area contributed by atoms with Crippen LogP contribution in [0.1, 0.15) is 31.2 Å². The molecule has 10 nitrogen and oxygen atoms in total. The van der Waals surface area contributed by atoms with Gasteiger partial charge in [0.05, 0.1) is 15.7 Å². The van der Waals surface area contributed by atoms with E-state index >= 15 is 0 Å². The highest BCUT2D eigenvalue weighted by Crippen LogP contribution is 2.59. The molecule has 0 aliphatic heterocycles. The Morgan fingerprint density at radius 3 is 2.48 bits per heavy atom. The van der Waals surface area contributed by atoms with Gasteiger partial charge in [0.15, 0.2) is 5.75 Å². The van der Waals surface area contributed by atoms with Gasteiger partial charge in [-0.1, -0.05) is 23.2 Å². The van der Waals surface area contributed by atoms with E-state index in [1.165, 1.54) is 12.1 Å². The Kier molecular flexibility index (Phi) is 4.45. The van der Waals surface area contributed by atoms with E-state index < -0.39 is 11.2 Å². The summed E-state index contributed by atoms with van der Waals surface area (Å²) in [5.41, 5.74) is 4.40. The summed E-state index contributed by atoms with van der Waals surface area (Å²) in [6.45, 7) is 0. The van der Waals surface area contributed by atoms with Gasteiger partial charge >= 0.3 is 5.69 Å². The molecule has 0 atom stereocenters. The van der Waals surface area contributed by atoms with Crippen molar-refractivity contribution in [2.45, 2.75) is 31.1 Å². The Hall–Kier alpha value is -3.11. The zero-order valence-corrected chi connectivity index (χ0v) is 17.5. The Morgan fingerprint density at radius 2 is 1.84 bits per heavy atom. The molecule has 12 heteroatoms. The summed E-state index contributed by atoms with van der Waals surface area (Å²) in [7, 11) is 0. The van der Waals surface area contributed by atoms with Gasteiger partial charge < -0.3 is 10.5 Å². The molecule has 2 heterocycles. The smallest absolute Gasteiger partial charge is 0.349 e. The topological polar surface area (TPSA) is 149 Å². The molecule has 2 aromatic heterocycles. The SMILES string of the molecule is Nc1nn(-c2cc(Cl)c(Oc3cc(C45CCC(C4)C5)c(=O)[nH]n3)c(Cl)c2)c(=O)[nH]c1=O. The number of halogens is 2. The maximum absolute atomic E-state index is 12.4. The van der Waals surface area contributed by atoms with Crippen LogP contribution in [0.15, 0.2) is 32.6 Å². The van der Waals surface area contributed by atoms with Crippen LogP contribution in [0.2, 0.25) is 10.0 Å². The summed E-state index contributed by atoms with van der Waals surface area (Å²) in [5, 5.41) is 10.3. The fraction of sp³-hybridized carbons (Fsp3) is 0.316. The van der Waals surface area contributed by atoms with Gasteiger partial charge in [0.25, 0.3) is 11.1 Å². The monoisotopic (exact) mass is 462 g/mol. The van der Waals surface area contributed by atoms with Crippen LogP contribution < -0.4 is 27.3 Å². The lowest BCUT2D eigenvalue weighted by atomic mass is 9.66. The van der Waals surface area contributed by atoms with Gasteiger partial charge in [-0.2, -0.15) is 4.68 Å². The predicted octanol–water partition coefficient (Wildman–Crippen LogP) is 2.13. The molecule has 0 amide bonds. The average molecular weight is 463 g/mol. The first-order valence-electron chi connectivity index (χ1n) is 9.52. The Morgan fingerprint density at radius 1 is 1.13 bits per heavy atom. The number of hydrogen-bond acceptors (Lipinski definition) is 7. The number of nitrogens with zero attached hydrogens (tertiary/aromatic N) is 3. The number of anilines is 1. The number of aromatic amines is 2. The van der Waals surface area contributed by atoms with Crippen LogP contribution in [0.4, 0.5) is 5.82 Å². The molecule has 3 aliphatic carbocycles. The van der Waals surface area contributed by atoms with Crippen LogP contribution in [0.5, 0.6) is 11.6 Å². The highest BCUT2D eigenvalue weighted by atomic mass is 35.5. The lowest BCUT2D eigenvalue weighted by Crippen LogP contribution is -2.37. The van der Waals surface area contributed by atoms with Crippen LogP contribution >= 0.6 is 23.2 Å². The van der Waals surface area contributed by atoms with Gasteiger partial charge in [-0.15, -0.1) is 10.2 Å². The number of fused-ring (bicyclic) bond motifs is 1. The molecule has 31 heavy (non-hydrogen) atoms. The summed E-state index contributed by atoms with van der Waals surface area (Å²) < 4.78 is 6.65. The third kappa shape index (κ3) is 3.22.